The number of nitrogens with zero attached hydrogens (tertiary/aromatic N) is 7. The number of imidazole rings is 1. The van der Waals surface area contributed by atoms with E-state index in [0.717, 1.165) is 53.3 Å². The van der Waals surface area contributed by atoms with Crippen LogP contribution in [0, 0.1) is 25.6 Å². The fourth-order valence-electron chi connectivity index (χ4n) is 10.7. The molecule has 2 saturated carbocycles. The summed E-state index contributed by atoms with van der Waals surface area (Å²) in [6.07, 6.45) is 7.01. The summed E-state index contributed by atoms with van der Waals surface area (Å²) in [5.74, 6) is -1.00. The maximum Gasteiger partial charge on any atom is 0.438 e. The topological polar surface area (TPSA) is 188 Å². The van der Waals surface area contributed by atoms with Gasteiger partial charge in [0.05, 0.1) is 37.6 Å². The summed E-state index contributed by atoms with van der Waals surface area (Å²) in [4.78, 5) is 52.6. The Morgan fingerprint density at radius 1 is 1.01 bits per heavy atom. The fourth-order valence-corrected chi connectivity index (χ4v) is 13.0. The van der Waals surface area contributed by atoms with Gasteiger partial charge in [0.15, 0.2) is 5.82 Å². The first-order chi connectivity index (χ1) is 32.3. The third-order valence-corrected chi connectivity index (χ3v) is 18.0. The molecule has 0 unspecified atom stereocenters. The Hall–Kier alpha value is -6.04. The Labute approximate surface area is 398 Å². The second-order valence-corrected chi connectivity index (χ2v) is 22.5. The predicted octanol–water partition coefficient (Wildman–Crippen LogP) is 8.48. The number of H-pyrrole nitrogens is 1. The van der Waals surface area contributed by atoms with Crippen LogP contribution in [0.4, 0.5) is 10.1 Å². The molecule has 356 valence electrons. The lowest BCUT2D eigenvalue weighted by Crippen LogP contribution is -2.49. The number of carbonyl (C=O) groups excluding carboxylic acids is 1. The molecule has 0 radical (unpaired) electrons. The van der Waals surface area contributed by atoms with Crippen LogP contribution in [-0.2, 0) is 20.0 Å². The van der Waals surface area contributed by atoms with E-state index >= 15 is 9.18 Å². The van der Waals surface area contributed by atoms with Gasteiger partial charge in [0.2, 0.25) is 0 Å². The summed E-state index contributed by atoms with van der Waals surface area (Å²) in [5.41, 5.74) is 10.3. The first kappa shape index (κ1) is 45.7. The van der Waals surface area contributed by atoms with E-state index in [1.54, 1.807) is 23.1 Å². The SMILES string of the molecule is CN=[S@](=O)(c1ccc(-n2ccn(C(=Nc3cc(C)c(Cl)c(C)c3)C3=C(N)CCN(C(=O)c4cc5cc([C@H]6CCOC(C)(C)C6)ccc5n4[C@@]4(c5noc(=O)[nH]5)C[C@@H]4C)[C@H]3C)c2=O)c(F)c1)C1CC1. The van der Waals surface area contributed by atoms with Gasteiger partial charge in [-0.25, -0.2) is 27.5 Å². The number of rotatable bonds is 9. The molecule has 1 amide bonds. The van der Waals surface area contributed by atoms with Crippen LogP contribution in [0.2, 0.25) is 5.02 Å². The Balaban J connectivity index is 1.08. The zero-order chi connectivity index (χ0) is 48.2. The standard InChI is InChI=1S/C50H55ClFN9O6S/c1-27-20-34(21-28(2)43(27)51)55-44(60-18-17-59(48(60)64)40-13-11-36(24-37(40)52)68(65,54-7)35-9-10-35)42-30(4)58(16-14-38(42)53)45(62)41-23-33-22-31(32-15-19-66-49(5,6)26-32)8-12-39(33)61(41)50(25-29(50)3)46-56-47(63)67-57-46/h8,11-13,17-18,20-24,29-30,32,35H,9-10,14-16,19,25-26,53H2,1-7H3,(H,56,57,63)/t29-,30-,32-,50-,68+/m0/s1. The molecule has 4 aliphatic rings. The number of carbonyl (C=O) groups is 1. The lowest BCUT2D eigenvalue weighted by atomic mass is 9.83. The Morgan fingerprint density at radius 2 is 1.75 bits per heavy atom. The van der Waals surface area contributed by atoms with Crippen LogP contribution in [0.1, 0.15) is 105 Å². The minimum Gasteiger partial charge on any atom is -0.402 e. The van der Waals surface area contributed by atoms with Crippen LogP contribution < -0.4 is 17.2 Å². The van der Waals surface area contributed by atoms with Crippen LogP contribution in [-0.4, -0.2) is 81.8 Å². The van der Waals surface area contributed by atoms with E-state index in [4.69, 9.17) is 31.6 Å². The first-order valence-electron chi connectivity index (χ1n) is 23.1. The van der Waals surface area contributed by atoms with Gasteiger partial charge in [-0.1, -0.05) is 29.7 Å². The Bertz CT molecular complexity index is 3360. The van der Waals surface area contributed by atoms with Crippen molar-refractivity contribution in [1.29, 1.82) is 0 Å². The molecule has 2 aliphatic heterocycles. The van der Waals surface area contributed by atoms with E-state index in [2.05, 4.69) is 53.5 Å². The quantitative estimate of drug-likeness (QED) is 0.107. The van der Waals surface area contributed by atoms with Crippen LogP contribution in [0.25, 0.3) is 16.6 Å². The Kier molecular flexibility index (Phi) is 11.2. The lowest BCUT2D eigenvalue weighted by Gasteiger charge is -2.37. The predicted molar refractivity (Wildman–Crippen MR) is 259 cm³/mol. The number of amides is 1. The molecule has 15 nitrogen and oxygen atoms in total. The summed E-state index contributed by atoms with van der Waals surface area (Å²) < 4.78 is 49.6. The van der Waals surface area contributed by atoms with Gasteiger partial charge < -0.3 is 19.9 Å². The van der Waals surface area contributed by atoms with Crippen molar-refractivity contribution in [3.05, 3.63) is 138 Å². The summed E-state index contributed by atoms with van der Waals surface area (Å²) >= 11 is 6.60. The van der Waals surface area contributed by atoms with Crippen molar-refractivity contribution in [2.24, 2.45) is 21.0 Å². The zero-order valence-electron chi connectivity index (χ0n) is 39.1. The number of nitrogens with one attached hydrogen (secondary N) is 1. The first-order valence-corrected chi connectivity index (χ1v) is 25.1. The van der Waals surface area contributed by atoms with E-state index < -0.39 is 38.6 Å². The molecule has 0 spiro atoms. The van der Waals surface area contributed by atoms with Gasteiger partial charge in [-0.15, -0.1) is 0 Å². The number of nitrogens with two attached hydrogens (primary N) is 1. The summed E-state index contributed by atoms with van der Waals surface area (Å²) in [6, 6.07) is 15.3. The molecule has 2 aliphatic carbocycles. The number of aromatic amines is 1. The van der Waals surface area contributed by atoms with Gasteiger partial charge in [-0.05, 0) is 144 Å². The highest BCUT2D eigenvalue weighted by Crippen LogP contribution is 2.56. The molecule has 5 heterocycles. The minimum atomic E-state index is -2.81. The molecule has 3 aromatic carbocycles. The largest absolute Gasteiger partial charge is 0.438 e. The zero-order valence-corrected chi connectivity index (χ0v) is 40.7. The number of ether oxygens (including phenoxy) is 1. The molecule has 5 atom stereocenters. The van der Waals surface area contributed by atoms with Gasteiger partial charge in [0.25, 0.3) is 5.91 Å². The average molecular weight is 965 g/mol. The summed E-state index contributed by atoms with van der Waals surface area (Å²) in [7, 11) is -1.33. The van der Waals surface area contributed by atoms with Crippen LogP contribution >= 0.6 is 11.6 Å². The molecular weight excluding hydrogens is 909 g/mol. The number of halogens is 2. The third-order valence-electron chi connectivity index (χ3n) is 14.5. The molecule has 10 rings (SSSR count). The average Bonchev–Trinajstić information content (AvgIpc) is 4.13. The van der Waals surface area contributed by atoms with Gasteiger partial charge in [0, 0.05) is 71.5 Å². The molecule has 0 bridgehead atoms. The maximum absolute atomic E-state index is 16.1. The molecule has 3 fully saturated rings. The van der Waals surface area contributed by atoms with E-state index in [9.17, 15) is 13.8 Å². The van der Waals surface area contributed by atoms with E-state index in [1.165, 1.54) is 40.7 Å². The van der Waals surface area contributed by atoms with Gasteiger partial charge >= 0.3 is 11.4 Å². The molecule has 1 saturated heterocycles. The number of hydrogen-bond acceptors (Lipinski definition) is 10. The summed E-state index contributed by atoms with van der Waals surface area (Å²) in [6.45, 7) is 12.7. The lowest BCUT2D eigenvalue weighted by molar-refractivity contribution is -0.0592. The second-order valence-electron chi connectivity index (χ2n) is 19.5. The number of hydrogen-bond donors (Lipinski definition) is 2. The van der Waals surface area contributed by atoms with Crippen molar-refractivity contribution in [2.45, 2.75) is 113 Å². The number of fused-ring (bicyclic) bond motifs is 1. The fraction of sp³-hybridized carbons (Fsp3) is 0.420. The van der Waals surface area contributed by atoms with Crippen LogP contribution in [0.3, 0.4) is 0 Å². The minimum absolute atomic E-state index is 0.0165. The van der Waals surface area contributed by atoms with Crippen molar-refractivity contribution in [2.75, 3.05) is 20.2 Å². The maximum atomic E-state index is 16.1. The molecule has 3 aromatic heterocycles. The molecular formula is C50H55ClFN9O6S. The highest BCUT2D eigenvalue weighted by molar-refractivity contribution is 7.94. The van der Waals surface area contributed by atoms with E-state index in [-0.39, 0.29) is 58.0 Å². The van der Waals surface area contributed by atoms with Gasteiger partial charge in [-0.2, -0.15) is 0 Å². The molecule has 3 N–H and O–H groups in total. The number of aryl methyl sites for hydroxylation is 2. The monoisotopic (exact) mass is 963 g/mol. The third kappa shape index (κ3) is 7.57. The highest BCUT2D eigenvalue weighted by Gasteiger charge is 2.59. The van der Waals surface area contributed by atoms with Crippen LogP contribution in [0.5, 0.6) is 0 Å². The smallest absolute Gasteiger partial charge is 0.402 e. The van der Waals surface area contributed by atoms with E-state index in [0.29, 0.717) is 46.5 Å². The Morgan fingerprint density at radius 3 is 2.38 bits per heavy atom. The molecule has 18 heteroatoms. The number of aromatic nitrogens is 5. The van der Waals surface area contributed by atoms with Crippen molar-refractivity contribution < 1.29 is 22.7 Å². The highest BCUT2D eigenvalue weighted by atomic mass is 35.5. The molecule has 68 heavy (non-hydrogen) atoms. The second kappa shape index (κ2) is 16.6. The van der Waals surface area contributed by atoms with Crippen molar-refractivity contribution in [3.63, 3.8) is 0 Å². The summed E-state index contributed by atoms with van der Waals surface area (Å²) in [5, 5.41) is 5.48. The van der Waals surface area contributed by atoms with Crippen molar-refractivity contribution >= 4 is 49.7 Å². The van der Waals surface area contributed by atoms with E-state index in [1.807, 2.05) is 31.4 Å². The van der Waals surface area contributed by atoms with Gasteiger partial charge in [0.1, 0.15) is 22.9 Å². The number of aliphatic imine (C=N–C) groups is 1. The van der Waals surface area contributed by atoms with Gasteiger partial charge in [-0.3, -0.25) is 23.4 Å². The van der Waals surface area contributed by atoms with Crippen molar-refractivity contribution in [3.8, 4) is 5.69 Å². The van der Waals surface area contributed by atoms with Crippen LogP contribution in [0.15, 0.2) is 107 Å². The number of benzene rings is 3. The molecule has 6 aromatic rings. The van der Waals surface area contributed by atoms with Crippen molar-refractivity contribution in [1.82, 2.24) is 28.7 Å². The normalized spacial score (nSPS) is 23.8.